The normalized spacial score (nSPS) is 11.5. The first-order chi connectivity index (χ1) is 9.86. The molecule has 2 nitrogen and oxygen atoms in total. The second-order valence-corrected chi connectivity index (χ2v) is 4.71. The summed E-state index contributed by atoms with van der Waals surface area (Å²) in [5.74, 6) is -0.199. The van der Waals surface area contributed by atoms with Crippen LogP contribution in [0.5, 0.6) is 5.75 Å². The SMILES string of the molecule is COc1ccc(-c2ccc(CO)c(C)c2)cc1C(F)(F)F. The van der Waals surface area contributed by atoms with Crippen LogP contribution in [0.1, 0.15) is 16.7 Å². The number of methoxy groups -OCH3 is 1. The monoisotopic (exact) mass is 296 g/mol. The topological polar surface area (TPSA) is 29.5 Å². The molecule has 0 aliphatic carbocycles. The van der Waals surface area contributed by atoms with Crippen molar-refractivity contribution in [1.29, 1.82) is 0 Å². The van der Waals surface area contributed by atoms with Crippen LogP contribution in [0, 0.1) is 6.92 Å². The van der Waals surface area contributed by atoms with Gasteiger partial charge in [0, 0.05) is 0 Å². The predicted molar refractivity (Wildman–Crippen MR) is 74.1 cm³/mol. The van der Waals surface area contributed by atoms with Crippen molar-refractivity contribution in [3.63, 3.8) is 0 Å². The second kappa shape index (κ2) is 5.77. The number of hydrogen-bond acceptors (Lipinski definition) is 2. The molecule has 0 radical (unpaired) electrons. The minimum atomic E-state index is -4.47. The number of halogens is 3. The van der Waals surface area contributed by atoms with Gasteiger partial charge in [-0.25, -0.2) is 0 Å². The summed E-state index contributed by atoms with van der Waals surface area (Å²) in [6.07, 6.45) is -4.47. The average Bonchev–Trinajstić information content (AvgIpc) is 2.45. The van der Waals surface area contributed by atoms with Gasteiger partial charge in [0.2, 0.25) is 0 Å². The van der Waals surface area contributed by atoms with Crippen molar-refractivity contribution in [3.8, 4) is 16.9 Å². The number of aliphatic hydroxyl groups excluding tert-OH is 1. The highest BCUT2D eigenvalue weighted by atomic mass is 19.4. The Kier molecular flexibility index (Phi) is 4.23. The van der Waals surface area contributed by atoms with Crippen LogP contribution in [0.15, 0.2) is 36.4 Å². The summed E-state index contributed by atoms with van der Waals surface area (Å²) in [7, 11) is 1.21. The Morgan fingerprint density at radius 3 is 2.19 bits per heavy atom. The second-order valence-electron chi connectivity index (χ2n) is 4.71. The van der Waals surface area contributed by atoms with E-state index in [1.54, 1.807) is 24.3 Å². The molecule has 0 fully saturated rings. The molecule has 0 unspecified atom stereocenters. The van der Waals surface area contributed by atoms with Gasteiger partial charge in [0.05, 0.1) is 19.3 Å². The van der Waals surface area contributed by atoms with E-state index in [1.165, 1.54) is 13.2 Å². The van der Waals surface area contributed by atoms with Crippen molar-refractivity contribution in [2.75, 3.05) is 7.11 Å². The fraction of sp³-hybridized carbons (Fsp3) is 0.250. The first-order valence-electron chi connectivity index (χ1n) is 6.33. The number of aryl methyl sites for hydroxylation is 1. The molecule has 0 atom stereocenters. The molecule has 0 aliphatic heterocycles. The lowest BCUT2D eigenvalue weighted by molar-refractivity contribution is -0.138. The standard InChI is InChI=1S/C16H15F3O2/c1-10-7-11(3-4-13(10)9-20)12-5-6-15(21-2)14(8-12)16(17,18)19/h3-8,20H,9H2,1-2H3. The van der Waals surface area contributed by atoms with Gasteiger partial charge in [-0.15, -0.1) is 0 Å². The summed E-state index contributed by atoms with van der Waals surface area (Å²) in [5.41, 5.74) is 1.91. The van der Waals surface area contributed by atoms with E-state index >= 15 is 0 Å². The predicted octanol–water partition coefficient (Wildman–Crippen LogP) is 4.18. The minimum absolute atomic E-state index is 0.0947. The van der Waals surface area contributed by atoms with Gasteiger partial charge in [-0.1, -0.05) is 24.3 Å². The van der Waals surface area contributed by atoms with Crippen molar-refractivity contribution < 1.29 is 23.0 Å². The Bertz CT molecular complexity index is 648. The van der Waals surface area contributed by atoms with Gasteiger partial charge in [-0.3, -0.25) is 0 Å². The van der Waals surface area contributed by atoms with Crippen LogP contribution in [-0.4, -0.2) is 12.2 Å². The summed E-state index contributed by atoms with van der Waals surface area (Å²) in [5, 5.41) is 9.13. The molecule has 0 saturated heterocycles. The number of rotatable bonds is 3. The molecule has 0 aromatic heterocycles. The zero-order valence-corrected chi connectivity index (χ0v) is 11.7. The molecule has 0 spiro atoms. The van der Waals surface area contributed by atoms with Gasteiger partial charge in [-0.2, -0.15) is 13.2 Å². The van der Waals surface area contributed by atoms with Crippen LogP contribution < -0.4 is 4.74 Å². The molecule has 2 rings (SSSR count). The first-order valence-corrected chi connectivity index (χ1v) is 6.33. The molecule has 2 aromatic rings. The third-order valence-electron chi connectivity index (χ3n) is 3.35. The molecule has 0 amide bonds. The third-order valence-corrected chi connectivity index (χ3v) is 3.35. The fourth-order valence-corrected chi connectivity index (χ4v) is 2.16. The van der Waals surface area contributed by atoms with E-state index in [4.69, 9.17) is 9.84 Å². The highest BCUT2D eigenvalue weighted by molar-refractivity contribution is 5.67. The summed E-state index contributed by atoms with van der Waals surface area (Å²) < 4.78 is 43.8. The maximum Gasteiger partial charge on any atom is 0.419 e. The van der Waals surface area contributed by atoms with Gasteiger partial charge in [-0.05, 0) is 41.3 Å². The van der Waals surface area contributed by atoms with Crippen LogP contribution in [0.4, 0.5) is 13.2 Å². The van der Waals surface area contributed by atoms with E-state index in [-0.39, 0.29) is 12.4 Å². The first kappa shape index (κ1) is 15.4. The maximum absolute atomic E-state index is 13.0. The Morgan fingerprint density at radius 1 is 1.05 bits per heavy atom. The molecule has 0 bridgehead atoms. The van der Waals surface area contributed by atoms with Crippen molar-refractivity contribution in [1.82, 2.24) is 0 Å². The summed E-state index contributed by atoms with van der Waals surface area (Å²) >= 11 is 0. The molecule has 112 valence electrons. The largest absolute Gasteiger partial charge is 0.496 e. The summed E-state index contributed by atoms with van der Waals surface area (Å²) in [6, 6.07) is 9.14. The number of alkyl halides is 3. The highest BCUT2D eigenvalue weighted by Crippen LogP contribution is 2.38. The summed E-state index contributed by atoms with van der Waals surface area (Å²) in [4.78, 5) is 0. The van der Waals surface area contributed by atoms with Crippen LogP contribution in [0.3, 0.4) is 0 Å². The van der Waals surface area contributed by atoms with Gasteiger partial charge in [0.15, 0.2) is 0 Å². The van der Waals surface area contributed by atoms with Gasteiger partial charge in [0.1, 0.15) is 5.75 Å². The molecule has 0 heterocycles. The van der Waals surface area contributed by atoms with Crippen molar-refractivity contribution in [3.05, 3.63) is 53.1 Å². The average molecular weight is 296 g/mol. The lowest BCUT2D eigenvalue weighted by atomic mass is 9.98. The third kappa shape index (κ3) is 3.19. The Hall–Kier alpha value is -2.01. The molecule has 2 aromatic carbocycles. The molecule has 0 aliphatic rings. The van der Waals surface area contributed by atoms with Crippen molar-refractivity contribution >= 4 is 0 Å². The Morgan fingerprint density at radius 2 is 1.67 bits per heavy atom. The quantitative estimate of drug-likeness (QED) is 0.920. The van der Waals surface area contributed by atoms with Gasteiger partial charge < -0.3 is 9.84 Å². The lowest BCUT2D eigenvalue weighted by Gasteiger charge is -2.14. The van der Waals surface area contributed by atoms with Gasteiger partial charge >= 0.3 is 6.18 Å². The summed E-state index contributed by atoms with van der Waals surface area (Å²) in [6.45, 7) is 1.71. The number of benzene rings is 2. The number of ether oxygens (including phenoxy) is 1. The molecular weight excluding hydrogens is 281 g/mol. The Labute approximate surface area is 120 Å². The van der Waals surface area contributed by atoms with Crippen LogP contribution in [0.2, 0.25) is 0 Å². The lowest BCUT2D eigenvalue weighted by Crippen LogP contribution is -2.07. The van der Waals surface area contributed by atoms with E-state index < -0.39 is 11.7 Å². The van der Waals surface area contributed by atoms with E-state index in [9.17, 15) is 13.2 Å². The minimum Gasteiger partial charge on any atom is -0.496 e. The van der Waals surface area contributed by atoms with Crippen LogP contribution >= 0.6 is 0 Å². The fourth-order valence-electron chi connectivity index (χ4n) is 2.16. The zero-order valence-electron chi connectivity index (χ0n) is 11.7. The number of aliphatic hydroxyl groups is 1. The molecule has 21 heavy (non-hydrogen) atoms. The van der Waals surface area contributed by atoms with E-state index in [0.717, 1.165) is 17.2 Å². The number of hydrogen-bond donors (Lipinski definition) is 1. The smallest absolute Gasteiger partial charge is 0.419 e. The van der Waals surface area contributed by atoms with E-state index in [0.29, 0.717) is 11.1 Å². The Balaban J connectivity index is 2.52. The zero-order chi connectivity index (χ0) is 15.6. The molecular formula is C16H15F3O2. The van der Waals surface area contributed by atoms with Gasteiger partial charge in [0.25, 0.3) is 0 Å². The van der Waals surface area contributed by atoms with Crippen molar-refractivity contribution in [2.24, 2.45) is 0 Å². The van der Waals surface area contributed by atoms with Crippen LogP contribution in [-0.2, 0) is 12.8 Å². The van der Waals surface area contributed by atoms with Crippen molar-refractivity contribution in [2.45, 2.75) is 19.7 Å². The molecule has 0 saturated carbocycles. The van der Waals surface area contributed by atoms with Crippen LogP contribution in [0.25, 0.3) is 11.1 Å². The van der Waals surface area contributed by atoms with E-state index in [2.05, 4.69) is 0 Å². The van der Waals surface area contributed by atoms with E-state index in [1.807, 2.05) is 6.92 Å². The molecule has 1 N–H and O–H groups in total. The highest BCUT2D eigenvalue weighted by Gasteiger charge is 2.34. The molecule has 5 heteroatoms. The maximum atomic E-state index is 13.0.